The van der Waals surface area contributed by atoms with Crippen molar-refractivity contribution in [2.75, 3.05) is 13.9 Å². The number of rotatable bonds is 3. The van der Waals surface area contributed by atoms with Crippen molar-refractivity contribution in [2.45, 2.75) is 25.0 Å². The van der Waals surface area contributed by atoms with Crippen molar-refractivity contribution in [3.63, 3.8) is 0 Å². The number of fused-ring (bicyclic) bond motifs is 2. The minimum absolute atomic E-state index is 0.248. The molecular weight excluding hydrogens is 168 g/mol. The van der Waals surface area contributed by atoms with E-state index < -0.39 is 0 Å². The molecule has 2 bridgehead atoms. The highest BCUT2D eigenvalue weighted by molar-refractivity contribution is 5.09. The lowest BCUT2D eigenvalue weighted by atomic mass is 9.93. The quantitative estimate of drug-likeness (QED) is 0.524. The van der Waals surface area contributed by atoms with Crippen LogP contribution in [0.5, 0.6) is 0 Å². The van der Waals surface area contributed by atoms with Crippen LogP contribution in [0, 0.1) is 11.8 Å². The third kappa shape index (κ3) is 1.77. The first kappa shape index (κ1) is 9.19. The van der Waals surface area contributed by atoms with Gasteiger partial charge in [0.1, 0.15) is 6.79 Å². The molecule has 0 spiro atoms. The van der Waals surface area contributed by atoms with Crippen LogP contribution >= 0.6 is 0 Å². The number of methoxy groups -OCH3 is 1. The fraction of sp³-hybridized carbons (Fsp3) is 0.800. The zero-order chi connectivity index (χ0) is 9.26. The Balaban J connectivity index is 1.92. The summed E-state index contributed by atoms with van der Waals surface area (Å²) in [4.78, 5) is 0. The first-order valence-corrected chi connectivity index (χ1v) is 4.78. The summed E-state index contributed by atoms with van der Waals surface area (Å²) in [5.41, 5.74) is 0. The third-order valence-corrected chi connectivity index (χ3v) is 3.03. The van der Waals surface area contributed by atoms with Crippen LogP contribution in [0.3, 0.4) is 0 Å². The van der Waals surface area contributed by atoms with Gasteiger partial charge < -0.3 is 14.6 Å². The van der Waals surface area contributed by atoms with E-state index in [2.05, 4.69) is 6.08 Å². The molecule has 0 aromatic rings. The second kappa shape index (κ2) is 3.78. The predicted molar refractivity (Wildman–Crippen MR) is 48.1 cm³/mol. The highest BCUT2D eigenvalue weighted by Gasteiger charge is 2.39. The summed E-state index contributed by atoms with van der Waals surface area (Å²) in [7, 11) is 1.63. The standard InChI is InChI=1S/C10H16O3/c1-12-6-13-10-5-8-4-7(10)2-3-9(8)11/h2-3,7-11H,4-6H2,1H3/t7-,8+,9+,10+/m0/s1. The topological polar surface area (TPSA) is 38.7 Å². The minimum atomic E-state index is -0.257. The molecular formula is C10H16O3. The maximum absolute atomic E-state index is 9.57. The molecule has 1 N–H and O–H groups in total. The number of hydrogen-bond acceptors (Lipinski definition) is 3. The fourth-order valence-corrected chi connectivity index (χ4v) is 2.31. The van der Waals surface area contributed by atoms with Gasteiger partial charge in [-0.2, -0.15) is 0 Å². The van der Waals surface area contributed by atoms with Crippen LogP contribution in [0.1, 0.15) is 12.8 Å². The summed E-state index contributed by atoms with van der Waals surface area (Å²) in [6, 6.07) is 0. The summed E-state index contributed by atoms with van der Waals surface area (Å²) in [5.74, 6) is 0.889. The Morgan fingerprint density at radius 3 is 2.92 bits per heavy atom. The highest BCUT2D eigenvalue weighted by Crippen LogP contribution is 2.39. The van der Waals surface area contributed by atoms with E-state index in [-0.39, 0.29) is 12.2 Å². The zero-order valence-electron chi connectivity index (χ0n) is 7.85. The van der Waals surface area contributed by atoms with Gasteiger partial charge in [0.15, 0.2) is 0 Å². The molecule has 3 nitrogen and oxygen atoms in total. The summed E-state index contributed by atoms with van der Waals surface area (Å²) < 4.78 is 10.4. The predicted octanol–water partition coefficient (Wildman–Crippen LogP) is 0.932. The van der Waals surface area contributed by atoms with Gasteiger partial charge in [0.2, 0.25) is 0 Å². The van der Waals surface area contributed by atoms with E-state index in [1.807, 2.05) is 6.08 Å². The molecule has 3 heteroatoms. The summed E-state index contributed by atoms with van der Waals surface area (Å²) in [5, 5.41) is 9.57. The molecule has 1 saturated carbocycles. The number of aliphatic hydroxyl groups excluding tert-OH is 1. The van der Waals surface area contributed by atoms with Crippen molar-refractivity contribution in [1.82, 2.24) is 0 Å². The lowest BCUT2D eigenvalue weighted by Gasteiger charge is -2.18. The van der Waals surface area contributed by atoms with Crippen LogP contribution in [0.25, 0.3) is 0 Å². The minimum Gasteiger partial charge on any atom is -0.389 e. The zero-order valence-corrected chi connectivity index (χ0v) is 7.85. The molecule has 2 aliphatic carbocycles. The van der Waals surface area contributed by atoms with Gasteiger partial charge >= 0.3 is 0 Å². The average molecular weight is 184 g/mol. The first-order valence-electron chi connectivity index (χ1n) is 4.78. The fourth-order valence-electron chi connectivity index (χ4n) is 2.31. The molecule has 1 fully saturated rings. The van der Waals surface area contributed by atoms with E-state index in [0.717, 1.165) is 12.8 Å². The Morgan fingerprint density at radius 2 is 2.23 bits per heavy atom. The van der Waals surface area contributed by atoms with Gasteiger partial charge in [-0.15, -0.1) is 0 Å². The van der Waals surface area contributed by atoms with Gasteiger partial charge in [-0.3, -0.25) is 0 Å². The first-order chi connectivity index (χ1) is 6.31. The number of hydrogen-bond donors (Lipinski definition) is 1. The van der Waals surface area contributed by atoms with Crippen LogP contribution in [0.4, 0.5) is 0 Å². The van der Waals surface area contributed by atoms with Gasteiger partial charge in [-0.05, 0) is 18.8 Å². The van der Waals surface area contributed by atoms with E-state index in [1.54, 1.807) is 7.11 Å². The lowest BCUT2D eigenvalue weighted by molar-refractivity contribution is -0.0787. The second-order valence-corrected chi connectivity index (χ2v) is 3.88. The van der Waals surface area contributed by atoms with Gasteiger partial charge in [-0.25, -0.2) is 0 Å². The summed E-state index contributed by atoms with van der Waals surface area (Å²) in [6.07, 6.45) is 5.99. The molecule has 13 heavy (non-hydrogen) atoms. The van der Waals surface area contributed by atoms with E-state index in [1.165, 1.54) is 0 Å². The van der Waals surface area contributed by atoms with Crippen molar-refractivity contribution < 1.29 is 14.6 Å². The molecule has 0 aromatic heterocycles. The molecule has 0 amide bonds. The van der Waals surface area contributed by atoms with Crippen molar-refractivity contribution in [1.29, 1.82) is 0 Å². The van der Waals surface area contributed by atoms with E-state index in [4.69, 9.17) is 9.47 Å². The van der Waals surface area contributed by atoms with Crippen molar-refractivity contribution in [3.8, 4) is 0 Å². The van der Waals surface area contributed by atoms with Crippen LogP contribution in [-0.2, 0) is 9.47 Å². The van der Waals surface area contributed by atoms with Crippen molar-refractivity contribution >= 4 is 0 Å². The van der Waals surface area contributed by atoms with E-state index in [0.29, 0.717) is 18.6 Å². The monoisotopic (exact) mass is 184 g/mol. The van der Waals surface area contributed by atoms with Crippen molar-refractivity contribution in [3.05, 3.63) is 12.2 Å². The van der Waals surface area contributed by atoms with Gasteiger partial charge in [0.25, 0.3) is 0 Å². The Kier molecular flexibility index (Phi) is 2.67. The lowest BCUT2D eigenvalue weighted by Crippen LogP contribution is -2.18. The molecule has 0 aromatic carbocycles. The van der Waals surface area contributed by atoms with Crippen LogP contribution in [0.2, 0.25) is 0 Å². The summed E-state index contributed by atoms with van der Waals surface area (Å²) in [6.45, 7) is 0.359. The molecule has 0 saturated heterocycles. The summed E-state index contributed by atoms with van der Waals surface area (Å²) >= 11 is 0. The Bertz CT molecular complexity index is 202. The van der Waals surface area contributed by atoms with E-state index in [9.17, 15) is 5.11 Å². The van der Waals surface area contributed by atoms with Gasteiger partial charge in [-0.1, -0.05) is 12.2 Å². The largest absolute Gasteiger partial charge is 0.389 e. The van der Waals surface area contributed by atoms with Crippen LogP contribution in [0.15, 0.2) is 12.2 Å². The maximum atomic E-state index is 9.57. The van der Waals surface area contributed by atoms with Crippen molar-refractivity contribution in [2.24, 2.45) is 11.8 Å². The number of aliphatic hydroxyl groups is 1. The third-order valence-electron chi connectivity index (χ3n) is 3.03. The average Bonchev–Trinajstić information content (AvgIpc) is 2.48. The molecule has 4 atom stereocenters. The van der Waals surface area contributed by atoms with Crippen LogP contribution < -0.4 is 0 Å². The molecule has 2 aliphatic rings. The molecule has 0 unspecified atom stereocenters. The Labute approximate surface area is 78.3 Å². The molecule has 74 valence electrons. The van der Waals surface area contributed by atoms with Gasteiger partial charge in [0.05, 0.1) is 12.2 Å². The SMILES string of the molecule is COCO[C@@H]1C[C@H]2C[C@@H]1C=C[C@H]2O. The Morgan fingerprint density at radius 1 is 1.38 bits per heavy atom. The highest BCUT2D eigenvalue weighted by atomic mass is 16.7. The van der Waals surface area contributed by atoms with Crippen LogP contribution in [-0.4, -0.2) is 31.2 Å². The maximum Gasteiger partial charge on any atom is 0.146 e. The second-order valence-electron chi connectivity index (χ2n) is 3.88. The molecule has 0 aliphatic heterocycles. The smallest absolute Gasteiger partial charge is 0.146 e. The normalized spacial score (nSPS) is 42.6. The molecule has 2 rings (SSSR count). The van der Waals surface area contributed by atoms with Gasteiger partial charge in [0, 0.05) is 13.0 Å². The van der Waals surface area contributed by atoms with E-state index >= 15 is 0 Å². The molecule has 0 radical (unpaired) electrons. The number of ether oxygens (including phenoxy) is 2. The molecule has 0 heterocycles. The Hall–Kier alpha value is -0.380.